The van der Waals surface area contributed by atoms with Gasteiger partial charge in [-0.15, -0.1) is 0 Å². The normalized spacial score (nSPS) is 12.8. The first kappa shape index (κ1) is 22.3. The fourth-order valence-electron chi connectivity index (χ4n) is 3.97. The van der Waals surface area contributed by atoms with Crippen LogP contribution in [0.15, 0.2) is 85.1 Å². The van der Waals surface area contributed by atoms with Crippen LogP contribution in [0.4, 0.5) is 4.79 Å². The Morgan fingerprint density at radius 2 is 1.70 bits per heavy atom. The third-order valence-electron chi connectivity index (χ3n) is 5.45. The van der Waals surface area contributed by atoms with Gasteiger partial charge in [0, 0.05) is 23.6 Å². The number of fused-ring (bicyclic) bond motifs is 2. The molecule has 0 aliphatic rings. The summed E-state index contributed by atoms with van der Waals surface area (Å²) in [7, 11) is 1.36. The Morgan fingerprint density at radius 1 is 0.939 bits per heavy atom. The molecule has 0 aliphatic carbocycles. The quantitative estimate of drug-likeness (QED) is 0.270. The molecule has 3 aromatic carbocycles. The zero-order chi connectivity index (χ0) is 23.6. The van der Waals surface area contributed by atoms with Crippen molar-refractivity contribution in [3.8, 4) is 0 Å². The maximum Gasteiger partial charge on any atom is 0.418 e. The maximum atomic E-state index is 12.8. The molecule has 0 saturated heterocycles. The van der Waals surface area contributed by atoms with Gasteiger partial charge < -0.3 is 9.47 Å². The lowest BCUT2D eigenvalue weighted by atomic mass is 9.87. The van der Waals surface area contributed by atoms with Crippen molar-refractivity contribution in [2.75, 3.05) is 7.11 Å². The van der Waals surface area contributed by atoms with Crippen LogP contribution in [0.1, 0.15) is 37.8 Å². The Kier molecular flexibility index (Phi) is 6.05. The summed E-state index contributed by atoms with van der Waals surface area (Å²) in [6.07, 6.45) is 4.59. The van der Waals surface area contributed by atoms with Gasteiger partial charge in [0.1, 0.15) is 5.60 Å². The number of nitrogens with zero attached hydrogens (tertiary/aromatic N) is 1. The number of hydrogen-bond acceptors (Lipinski definition) is 4. The second-order valence-electron chi connectivity index (χ2n) is 8.91. The summed E-state index contributed by atoms with van der Waals surface area (Å²) in [4.78, 5) is 24.7. The van der Waals surface area contributed by atoms with Gasteiger partial charge in [0.05, 0.1) is 12.6 Å². The van der Waals surface area contributed by atoms with Gasteiger partial charge in [0.25, 0.3) is 0 Å². The maximum absolute atomic E-state index is 12.8. The van der Waals surface area contributed by atoms with Gasteiger partial charge in [0.15, 0.2) is 0 Å². The highest BCUT2D eigenvalue weighted by Crippen LogP contribution is 2.34. The molecule has 0 amide bonds. The number of benzene rings is 3. The van der Waals surface area contributed by atoms with Crippen LogP contribution >= 0.6 is 0 Å². The number of esters is 1. The fourth-order valence-corrected chi connectivity index (χ4v) is 3.97. The van der Waals surface area contributed by atoms with E-state index in [1.807, 2.05) is 63.2 Å². The van der Waals surface area contributed by atoms with Crippen LogP contribution in [-0.2, 0) is 14.3 Å². The van der Waals surface area contributed by atoms with Gasteiger partial charge in [-0.2, -0.15) is 0 Å². The molecule has 0 aliphatic heterocycles. The molecular formula is C28H27NO4. The van der Waals surface area contributed by atoms with E-state index in [4.69, 9.17) is 9.47 Å². The average molecular weight is 442 g/mol. The number of hydrogen-bond donors (Lipinski definition) is 0. The predicted octanol–water partition coefficient (Wildman–Crippen LogP) is 6.44. The summed E-state index contributed by atoms with van der Waals surface area (Å²) in [6, 6.07) is 22.2. The van der Waals surface area contributed by atoms with Crippen molar-refractivity contribution in [1.82, 2.24) is 4.57 Å². The highest BCUT2D eigenvalue weighted by molar-refractivity contribution is 5.93. The zero-order valence-corrected chi connectivity index (χ0v) is 19.2. The van der Waals surface area contributed by atoms with Crippen LogP contribution in [-0.4, -0.2) is 29.3 Å². The first-order chi connectivity index (χ1) is 15.8. The fraction of sp³-hybridized carbons (Fsp3) is 0.214. The molecule has 0 bridgehead atoms. The molecule has 1 aromatic heterocycles. The molecule has 1 atom stereocenters. The molecule has 0 N–H and O–H groups in total. The molecule has 4 rings (SSSR count). The van der Waals surface area contributed by atoms with Crippen LogP contribution < -0.4 is 0 Å². The standard InChI is InChI=1S/C28H27NO4/c1-28(2,3)33-27(31)29-17-16-24-23(10-7-11-25(24)29)22(14-15-26(30)32-4)21-13-12-19-8-5-6-9-20(19)18-21/h5-18,22H,1-4H3/t22-/m0/s1. The van der Waals surface area contributed by atoms with Crippen molar-refractivity contribution in [1.29, 1.82) is 0 Å². The van der Waals surface area contributed by atoms with Crippen LogP contribution in [0, 0.1) is 0 Å². The van der Waals surface area contributed by atoms with Crippen LogP contribution in [0.2, 0.25) is 0 Å². The number of allylic oxidation sites excluding steroid dienone is 1. The topological polar surface area (TPSA) is 57.5 Å². The summed E-state index contributed by atoms with van der Waals surface area (Å²) in [5.41, 5.74) is 2.16. The van der Waals surface area contributed by atoms with Crippen LogP contribution in [0.3, 0.4) is 0 Å². The molecule has 0 spiro atoms. The van der Waals surface area contributed by atoms with Gasteiger partial charge >= 0.3 is 12.1 Å². The number of methoxy groups -OCH3 is 1. The van der Waals surface area contributed by atoms with Crippen molar-refractivity contribution >= 4 is 33.7 Å². The Labute approximate surface area is 193 Å². The Balaban J connectivity index is 1.84. The molecule has 5 heteroatoms. The first-order valence-corrected chi connectivity index (χ1v) is 10.8. The Morgan fingerprint density at radius 3 is 2.42 bits per heavy atom. The lowest BCUT2D eigenvalue weighted by molar-refractivity contribution is -0.134. The Hall–Kier alpha value is -3.86. The summed E-state index contributed by atoms with van der Waals surface area (Å²) >= 11 is 0. The van der Waals surface area contributed by atoms with Crippen molar-refractivity contribution in [2.24, 2.45) is 0 Å². The second kappa shape index (κ2) is 8.94. The predicted molar refractivity (Wildman–Crippen MR) is 131 cm³/mol. The van der Waals surface area contributed by atoms with E-state index < -0.39 is 17.7 Å². The molecule has 1 heterocycles. The van der Waals surface area contributed by atoms with Crippen molar-refractivity contribution in [3.05, 3.63) is 96.2 Å². The average Bonchev–Trinajstić information content (AvgIpc) is 3.23. The van der Waals surface area contributed by atoms with Gasteiger partial charge in [-0.05, 0) is 54.8 Å². The molecule has 0 unspecified atom stereocenters. The van der Waals surface area contributed by atoms with Gasteiger partial charge in [-0.25, -0.2) is 9.59 Å². The second-order valence-corrected chi connectivity index (χ2v) is 8.91. The van der Waals surface area contributed by atoms with E-state index in [1.54, 1.807) is 6.20 Å². The molecule has 33 heavy (non-hydrogen) atoms. The molecule has 5 nitrogen and oxygen atoms in total. The van der Waals surface area contributed by atoms with E-state index >= 15 is 0 Å². The molecule has 0 radical (unpaired) electrons. The monoisotopic (exact) mass is 441 g/mol. The van der Waals surface area contributed by atoms with Crippen molar-refractivity contribution < 1.29 is 19.1 Å². The smallest absolute Gasteiger partial charge is 0.418 e. The molecule has 0 saturated carbocycles. The first-order valence-electron chi connectivity index (χ1n) is 10.8. The van der Waals surface area contributed by atoms with Crippen molar-refractivity contribution in [2.45, 2.75) is 32.3 Å². The van der Waals surface area contributed by atoms with E-state index in [2.05, 4.69) is 30.3 Å². The van der Waals surface area contributed by atoms with Crippen molar-refractivity contribution in [3.63, 3.8) is 0 Å². The number of rotatable bonds is 4. The number of ether oxygens (including phenoxy) is 2. The minimum absolute atomic E-state index is 0.216. The lowest BCUT2D eigenvalue weighted by Gasteiger charge is -2.20. The van der Waals surface area contributed by atoms with Crippen LogP contribution in [0.5, 0.6) is 0 Å². The number of carbonyl (C=O) groups excluding carboxylic acids is 2. The highest BCUT2D eigenvalue weighted by atomic mass is 16.6. The largest absolute Gasteiger partial charge is 0.466 e. The SMILES string of the molecule is COC(=O)C=C[C@@H](c1ccc2ccccc2c1)c1cccc2c1ccn2C(=O)OC(C)(C)C. The molecular weight excluding hydrogens is 414 g/mol. The Bertz CT molecular complexity index is 1360. The minimum atomic E-state index is -0.595. The third-order valence-corrected chi connectivity index (χ3v) is 5.45. The highest BCUT2D eigenvalue weighted by Gasteiger charge is 2.21. The minimum Gasteiger partial charge on any atom is -0.466 e. The summed E-state index contributed by atoms with van der Waals surface area (Å²) in [6.45, 7) is 5.53. The van der Waals surface area contributed by atoms with E-state index in [0.717, 1.165) is 32.8 Å². The van der Waals surface area contributed by atoms with E-state index in [-0.39, 0.29) is 5.92 Å². The van der Waals surface area contributed by atoms with E-state index in [0.29, 0.717) is 0 Å². The number of aromatic nitrogens is 1. The summed E-state index contributed by atoms with van der Waals surface area (Å²) in [5.74, 6) is -0.633. The summed E-state index contributed by atoms with van der Waals surface area (Å²) < 4.78 is 11.9. The van der Waals surface area contributed by atoms with E-state index in [9.17, 15) is 9.59 Å². The number of carbonyl (C=O) groups is 2. The molecule has 168 valence electrons. The van der Waals surface area contributed by atoms with E-state index in [1.165, 1.54) is 17.8 Å². The lowest BCUT2D eigenvalue weighted by Crippen LogP contribution is -2.26. The third kappa shape index (κ3) is 4.82. The van der Waals surface area contributed by atoms with Gasteiger partial charge in [0.2, 0.25) is 0 Å². The van der Waals surface area contributed by atoms with Gasteiger partial charge in [-0.3, -0.25) is 4.57 Å². The zero-order valence-electron chi connectivity index (χ0n) is 19.2. The summed E-state index contributed by atoms with van der Waals surface area (Å²) in [5, 5.41) is 3.17. The molecule has 4 aromatic rings. The molecule has 0 fully saturated rings. The van der Waals surface area contributed by atoms with Crippen LogP contribution in [0.25, 0.3) is 21.7 Å². The van der Waals surface area contributed by atoms with Gasteiger partial charge in [-0.1, -0.05) is 60.7 Å².